The molecule has 6 nitrogen and oxygen atoms in total. The molecule has 0 N–H and O–H groups in total. The van der Waals surface area contributed by atoms with Gasteiger partial charge in [-0.15, -0.1) is 11.3 Å². The fourth-order valence-corrected chi connectivity index (χ4v) is 3.41. The number of likely N-dealkylation sites (tertiary alicyclic amines) is 1. The van der Waals surface area contributed by atoms with E-state index in [-0.39, 0.29) is 12.0 Å². The number of carbonyl (C=O) groups is 1. The van der Waals surface area contributed by atoms with Gasteiger partial charge in [-0.25, -0.2) is 9.97 Å². The van der Waals surface area contributed by atoms with Gasteiger partial charge >= 0.3 is 0 Å². The summed E-state index contributed by atoms with van der Waals surface area (Å²) in [5.41, 5.74) is 3.42. The smallest absolute Gasteiger partial charge is 0.254 e. The molecule has 23 heavy (non-hydrogen) atoms. The second-order valence-electron chi connectivity index (χ2n) is 5.36. The number of thiazole rings is 1. The Hall–Kier alpha value is -2.54. The van der Waals surface area contributed by atoms with E-state index in [9.17, 15) is 4.79 Å². The molecular formula is C16H14N4O2S. The van der Waals surface area contributed by atoms with Crippen molar-refractivity contribution in [3.05, 3.63) is 47.9 Å². The molecule has 3 heterocycles. The van der Waals surface area contributed by atoms with Crippen LogP contribution in [0.2, 0.25) is 0 Å². The Balaban J connectivity index is 1.45. The lowest BCUT2D eigenvalue weighted by molar-refractivity contribution is 0.0771. The van der Waals surface area contributed by atoms with Gasteiger partial charge in [-0.1, -0.05) is 0 Å². The first-order valence-corrected chi connectivity index (χ1v) is 8.23. The Morgan fingerprint density at radius 3 is 3.13 bits per heavy atom. The van der Waals surface area contributed by atoms with Crippen LogP contribution in [0.4, 0.5) is 0 Å². The third-order valence-electron chi connectivity index (χ3n) is 3.84. The van der Waals surface area contributed by atoms with Crippen molar-refractivity contribution in [1.82, 2.24) is 19.9 Å². The molecule has 1 fully saturated rings. The molecular weight excluding hydrogens is 312 g/mol. The van der Waals surface area contributed by atoms with Gasteiger partial charge in [-0.3, -0.25) is 9.78 Å². The third kappa shape index (κ3) is 2.87. The lowest BCUT2D eigenvalue weighted by atomic mass is 10.2. The largest absolute Gasteiger partial charge is 0.471 e. The van der Waals surface area contributed by atoms with E-state index >= 15 is 0 Å². The van der Waals surface area contributed by atoms with Crippen LogP contribution in [0, 0.1) is 0 Å². The summed E-state index contributed by atoms with van der Waals surface area (Å²) in [4.78, 5) is 26.8. The minimum atomic E-state index is -0.0391. The molecule has 0 bridgehead atoms. The van der Waals surface area contributed by atoms with Gasteiger partial charge in [0.15, 0.2) is 0 Å². The van der Waals surface area contributed by atoms with Gasteiger partial charge in [0.05, 0.1) is 28.5 Å². The monoisotopic (exact) mass is 326 g/mol. The van der Waals surface area contributed by atoms with Crippen molar-refractivity contribution in [2.45, 2.75) is 12.5 Å². The number of fused-ring (bicyclic) bond motifs is 1. The van der Waals surface area contributed by atoms with Crippen LogP contribution in [0.5, 0.6) is 5.88 Å². The summed E-state index contributed by atoms with van der Waals surface area (Å²) in [5, 5.41) is 0. The zero-order chi connectivity index (χ0) is 15.6. The van der Waals surface area contributed by atoms with Gasteiger partial charge < -0.3 is 9.64 Å². The molecule has 1 aliphatic heterocycles. The minimum absolute atomic E-state index is 0.0329. The first-order valence-electron chi connectivity index (χ1n) is 7.35. The molecule has 4 rings (SSSR count). The van der Waals surface area contributed by atoms with E-state index in [1.807, 2.05) is 23.1 Å². The van der Waals surface area contributed by atoms with Crippen LogP contribution in [0.15, 0.2) is 42.3 Å². The van der Waals surface area contributed by atoms with E-state index in [2.05, 4.69) is 15.0 Å². The topological polar surface area (TPSA) is 68.2 Å². The Kier molecular flexibility index (Phi) is 3.63. The third-order valence-corrected chi connectivity index (χ3v) is 4.63. The van der Waals surface area contributed by atoms with Crippen molar-refractivity contribution in [2.24, 2.45) is 0 Å². The van der Waals surface area contributed by atoms with E-state index in [4.69, 9.17) is 4.74 Å². The van der Waals surface area contributed by atoms with Crippen LogP contribution >= 0.6 is 11.3 Å². The summed E-state index contributed by atoms with van der Waals surface area (Å²) in [7, 11) is 0. The van der Waals surface area contributed by atoms with Crippen LogP contribution < -0.4 is 4.74 Å². The molecule has 0 aliphatic carbocycles. The van der Waals surface area contributed by atoms with Crippen molar-refractivity contribution in [3.63, 3.8) is 0 Å². The maximum atomic E-state index is 12.6. The lowest BCUT2D eigenvalue weighted by Gasteiger charge is -2.17. The number of aromatic nitrogens is 3. The van der Waals surface area contributed by atoms with Crippen LogP contribution in [0.3, 0.4) is 0 Å². The summed E-state index contributed by atoms with van der Waals surface area (Å²) in [6.45, 7) is 1.25. The molecule has 0 unspecified atom stereocenters. The van der Waals surface area contributed by atoms with Gasteiger partial charge in [0, 0.05) is 30.9 Å². The molecule has 116 valence electrons. The minimum Gasteiger partial charge on any atom is -0.471 e. The quantitative estimate of drug-likeness (QED) is 0.739. The molecule has 2 aromatic heterocycles. The van der Waals surface area contributed by atoms with Crippen LogP contribution in [0.1, 0.15) is 16.8 Å². The summed E-state index contributed by atoms with van der Waals surface area (Å²) >= 11 is 1.54. The number of hydrogen-bond donors (Lipinski definition) is 0. The molecule has 1 aromatic carbocycles. The SMILES string of the molecule is O=C(c1ccc2ncsc2c1)N1CC[C@@H](Oc2cnccn2)C1. The zero-order valence-electron chi connectivity index (χ0n) is 12.3. The molecule has 0 saturated carbocycles. The second kappa shape index (κ2) is 5.92. The molecule has 1 atom stereocenters. The van der Waals surface area contributed by atoms with E-state index in [0.29, 0.717) is 24.5 Å². The van der Waals surface area contributed by atoms with E-state index < -0.39 is 0 Å². The fraction of sp³-hybridized carbons (Fsp3) is 0.250. The molecule has 0 spiro atoms. The highest BCUT2D eigenvalue weighted by atomic mass is 32.1. The molecule has 1 amide bonds. The van der Waals surface area contributed by atoms with Crippen molar-refractivity contribution in [3.8, 4) is 5.88 Å². The first kappa shape index (κ1) is 14.1. The number of rotatable bonds is 3. The Labute approximate surface area is 136 Å². The molecule has 0 radical (unpaired) electrons. The summed E-state index contributed by atoms with van der Waals surface area (Å²) < 4.78 is 6.80. The highest BCUT2D eigenvalue weighted by molar-refractivity contribution is 7.16. The average molecular weight is 326 g/mol. The Bertz CT molecular complexity index is 836. The number of amides is 1. The van der Waals surface area contributed by atoms with Gasteiger partial charge in [0.2, 0.25) is 5.88 Å². The highest BCUT2D eigenvalue weighted by Gasteiger charge is 2.28. The average Bonchev–Trinajstić information content (AvgIpc) is 3.23. The Morgan fingerprint density at radius 2 is 2.26 bits per heavy atom. The van der Waals surface area contributed by atoms with Crippen LogP contribution in [-0.2, 0) is 0 Å². The van der Waals surface area contributed by atoms with Crippen molar-refractivity contribution in [2.75, 3.05) is 13.1 Å². The second-order valence-corrected chi connectivity index (χ2v) is 6.24. The molecule has 7 heteroatoms. The van der Waals surface area contributed by atoms with Crippen molar-refractivity contribution in [1.29, 1.82) is 0 Å². The van der Waals surface area contributed by atoms with Gasteiger partial charge in [0.1, 0.15) is 6.10 Å². The number of carbonyl (C=O) groups excluding carboxylic acids is 1. The molecule has 1 saturated heterocycles. The summed E-state index contributed by atoms with van der Waals surface area (Å²) in [6, 6.07) is 5.64. The number of benzene rings is 1. The molecule has 3 aromatic rings. The lowest BCUT2D eigenvalue weighted by Crippen LogP contribution is -2.31. The van der Waals surface area contributed by atoms with E-state index in [1.54, 1.807) is 35.4 Å². The predicted octanol–water partition coefficient (Wildman–Crippen LogP) is 2.38. The van der Waals surface area contributed by atoms with Gasteiger partial charge in [0.25, 0.3) is 5.91 Å². The standard InChI is InChI=1S/C16H14N4O2S/c21-16(11-1-2-13-14(7-11)23-10-19-13)20-6-3-12(9-20)22-15-8-17-4-5-18-15/h1-2,4-5,7-8,10,12H,3,6,9H2/t12-/m1/s1. The van der Waals surface area contributed by atoms with Crippen molar-refractivity contribution < 1.29 is 9.53 Å². The normalized spacial score (nSPS) is 17.6. The molecule has 1 aliphatic rings. The van der Waals surface area contributed by atoms with Gasteiger partial charge in [-0.2, -0.15) is 0 Å². The van der Waals surface area contributed by atoms with E-state index in [1.165, 1.54) is 0 Å². The number of ether oxygens (including phenoxy) is 1. The Morgan fingerprint density at radius 1 is 1.30 bits per heavy atom. The first-order chi connectivity index (χ1) is 11.3. The number of hydrogen-bond acceptors (Lipinski definition) is 6. The maximum Gasteiger partial charge on any atom is 0.254 e. The summed E-state index contributed by atoms with van der Waals surface area (Å²) in [5.74, 6) is 0.531. The van der Waals surface area contributed by atoms with Crippen molar-refractivity contribution >= 4 is 27.5 Å². The fourth-order valence-electron chi connectivity index (χ4n) is 2.70. The summed E-state index contributed by atoms with van der Waals surface area (Å²) in [6.07, 6.45) is 5.54. The number of nitrogens with zero attached hydrogens (tertiary/aromatic N) is 4. The van der Waals surface area contributed by atoms with Crippen LogP contribution in [0.25, 0.3) is 10.2 Å². The van der Waals surface area contributed by atoms with Crippen LogP contribution in [-0.4, -0.2) is 45.0 Å². The highest BCUT2D eigenvalue weighted by Crippen LogP contribution is 2.22. The van der Waals surface area contributed by atoms with E-state index in [0.717, 1.165) is 16.6 Å². The van der Waals surface area contributed by atoms with Gasteiger partial charge in [-0.05, 0) is 18.2 Å². The zero-order valence-corrected chi connectivity index (χ0v) is 13.1. The predicted molar refractivity (Wildman–Crippen MR) is 86.6 cm³/mol. The maximum absolute atomic E-state index is 12.6.